The summed E-state index contributed by atoms with van der Waals surface area (Å²) in [4.78, 5) is 23.9. The lowest BCUT2D eigenvalue weighted by Gasteiger charge is -2.24. The maximum Gasteiger partial charge on any atom is 0.326 e. The zero-order valence-corrected chi connectivity index (χ0v) is 9.01. The summed E-state index contributed by atoms with van der Waals surface area (Å²) in [5, 5.41) is 18.3. The van der Waals surface area contributed by atoms with E-state index >= 15 is 0 Å². The second-order valence-electron chi connectivity index (χ2n) is 4.04. The van der Waals surface area contributed by atoms with Crippen molar-refractivity contribution in [2.75, 3.05) is 6.54 Å². The number of aliphatic carboxylic acids is 1. The number of rotatable bonds is 3. The molecule has 0 radical (unpaired) electrons. The van der Waals surface area contributed by atoms with Gasteiger partial charge < -0.3 is 15.1 Å². The molecule has 3 atom stereocenters. The molecule has 15 heavy (non-hydrogen) atoms. The monoisotopic (exact) mass is 215 g/mol. The van der Waals surface area contributed by atoms with Crippen LogP contribution in [0.25, 0.3) is 0 Å². The second-order valence-corrected chi connectivity index (χ2v) is 4.04. The standard InChI is InChI=1S/C10H17NO4/c1-3-6(2)9(13)11-5-7(12)4-8(11)10(14)15/h6-8,12H,3-5H2,1-2H3,(H,14,15)/t6?,7-,8+/m1/s1. The van der Waals surface area contributed by atoms with Crippen LogP contribution >= 0.6 is 0 Å². The van der Waals surface area contributed by atoms with Crippen LogP contribution in [-0.2, 0) is 9.59 Å². The number of hydrogen-bond donors (Lipinski definition) is 2. The Hall–Kier alpha value is -1.10. The number of carboxylic acid groups (broad SMARTS) is 1. The summed E-state index contributed by atoms with van der Waals surface area (Å²) >= 11 is 0. The molecule has 5 heteroatoms. The van der Waals surface area contributed by atoms with Crippen LogP contribution in [0.1, 0.15) is 26.7 Å². The lowest BCUT2D eigenvalue weighted by molar-refractivity contribution is -0.149. The first-order valence-electron chi connectivity index (χ1n) is 5.18. The summed E-state index contributed by atoms with van der Waals surface area (Å²) in [6, 6.07) is -0.860. The molecule has 5 nitrogen and oxygen atoms in total. The van der Waals surface area contributed by atoms with Crippen molar-refractivity contribution >= 4 is 11.9 Å². The van der Waals surface area contributed by atoms with Gasteiger partial charge in [0.1, 0.15) is 6.04 Å². The molecule has 0 aliphatic carbocycles. The van der Waals surface area contributed by atoms with Gasteiger partial charge in [-0.05, 0) is 6.42 Å². The van der Waals surface area contributed by atoms with Crippen molar-refractivity contribution in [3.05, 3.63) is 0 Å². The maximum atomic E-state index is 11.8. The Labute approximate surface area is 88.7 Å². The normalized spacial score (nSPS) is 27.8. The van der Waals surface area contributed by atoms with Crippen LogP contribution in [0.4, 0.5) is 0 Å². The molecule has 1 rings (SSSR count). The number of aliphatic hydroxyl groups excluding tert-OH is 1. The van der Waals surface area contributed by atoms with E-state index in [4.69, 9.17) is 5.11 Å². The van der Waals surface area contributed by atoms with Gasteiger partial charge in [0, 0.05) is 18.9 Å². The zero-order valence-electron chi connectivity index (χ0n) is 9.01. The number of β-amino-alcohol motifs (C(OH)–C–C–N with tert-alkyl or cyclic N) is 1. The van der Waals surface area contributed by atoms with E-state index in [9.17, 15) is 14.7 Å². The maximum absolute atomic E-state index is 11.8. The molecular formula is C10H17NO4. The molecule has 1 fully saturated rings. The largest absolute Gasteiger partial charge is 0.480 e. The molecular weight excluding hydrogens is 198 g/mol. The van der Waals surface area contributed by atoms with E-state index in [1.165, 1.54) is 4.90 Å². The lowest BCUT2D eigenvalue weighted by Crippen LogP contribution is -2.43. The van der Waals surface area contributed by atoms with Gasteiger partial charge in [-0.25, -0.2) is 4.79 Å². The molecule has 1 heterocycles. The van der Waals surface area contributed by atoms with E-state index in [0.29, 0.717) is 6.42 Å². The summed E-state index contributed by atoms with van der Waals surface area (Å²) < 4.78 is 0. The summed E-state index contributed by atoms with van der Waals surface area (Å²) in [6.07, 6.45) is 0.106. The van der Waals surface area contributed by atoms with Crippen LogP contribution in [-0.4, -0.2) is 45.7 Å². The van der Waals surface area contributed by atoms with Gasteiger partial charge in [0.2, 0.25) is 5.91 Å². The minimum Gasteiger partial charge on any atom is -0.480 e. The zero-order chi connectivity index (χ0) is 11.6. The Balaban J connectivity index is 2.75. The molecule has 1 saturated heterocycles. The first-order chi connectivity index (χ1) is 6.97. The third-order valence-electron chi connectivity index (χ3n) is 2.88. The number of hydrogen-bond acceptors (Lipinski definition) is 3. The van der Waals surface area contributed by atoms with Crippen LogP contribution in [0.3, 0.4) is 0 Å². The second kappa shape index (κ2) is 4.61. The van der Waals surface area contributed by atoms with Crippen LogP contribution < -0.4 is 0 Å². The molecule has 1 aliphatic heterocycles. The Bertz CT molecular complexity index is 266. The molecule has 0 bridgehead atoms. The Kier molecular flexibility index (Phi) is 3.68. The van der Waals surface area contributed by atoms with E-state index in [2.05, 4.69) is 0 Å². The smallest absolute Gasteiger partial charge is 0.326 e. The van der Waals surface area contributed by atoms with Crippen molar-refractivity contribution in [1.82, 2.24) is 4.90 Å². The Morgan fingerprint density at radius 1 is 1.53 bits per heavy atom. The molecule has 86 valence electrons. The van der Waals surface area contributed by atoms with Crippen molar-refractivity contribution in [3.63, 3.8) is 0 Å². The molecule has 0 saturated carbocycles. The molecule has 0 aromatic heterocycles. The number of amides is 1. The number of carbonyl (C=O) groups excluding carboxylic acids is 1. The van der Waals surface area contributed by atoms with Crippen LogP contribution in [0, 0.1) is 5.92 Å². The Morgan fingerprint density at radius 3 is 2.60 bits per heavy atom. The van der Waals surface area contributed by atoms with Crippen LogP contribution in [0.5, 0.6) is 0 Å². The van der Waals surface area contributed by atoms with Crippen molar-refractivity contribution in [3.8, 4) is 0 Å². The third kappa shape index (κ3) is 2.47. The molecule has 1 unspecified atom stereocenters. The highest BCUT2D eigenvalue weighted by Gasteiger charge is 2.39. The van der Waals surface area contributed by atoms with Gasteiger partial charge in [-0.3, -0.25) is 4.79 Å². The average molecular weight is 215 g/mol. The van der Waals surface area contributed by atoms with Crippen molar-refractivity contribution in [2.45, 2.75) is 38.8 Å². The summed E-state index contributed by atoms with van der Waals surface area (Å²) in [6.45, 7) is 3.79. The predicted octanol–water partition coefficient (Wildman–Crippen LogP) is 0.0789. The summed E-state index contributed by atoms with van der Waals surface area (Å²) in [5.74, 6) is -1.40. The number of carboxylic acids is 1. The average Bonchev–Trinajstić information content (AvgIpc) is 2.58. The van der Waals surface area contributed by atoms with E-state index in [-0.39, 0.29) is 24.8 Å². The van der Waals surface area contributed by atoms with Gasteiger partial charge in [0.25, 0.3) is 0 Å². The fourth-order valence-corrected chi connectivity index (χ4v) is 1.75. The fourth-order valence-electron chi connectivity index (χ4n) is 1.75. The molecule has 0 aromatic rings. The van der Waals surface area contributed by atoms with Gasteiger partial charge in [0.05, 0.1) is 6.10 Å². The molecule has 0 aromatic carbocycles. The number of likely N-dealkylation sites (tertiary alicyclic amines) is 1. The minimum atomic E-state index is -1.04. The topological polar surface area (TPSA) is 77.8 Å². The van der Waals surface area contributed by atoms with Gasteiger partial charge in [-0.2, -0.15) is 0 Å². The molecule has 0 spiro atoms. The quantitative estimate of drug-likeness (QED) is 0.698. The number of carbonyl (C=O) groups is 2. The number of aliphatic hydroxyl groups is 1. The molecule has 2 N–H and O–H groups in total. The Morgan fingerprint density at radius 2 is 2.13 bits per heavy atom. The predicted molar refractivity (Wildman–Crippen MR) is 53.2 cm³/mol. The van der Waals surface area contributed by atoms with Crippen molar-refractivity contribution in [2.24, 2.45) is 5.92 Å². The summed E-state index contributed by atoms with van der Waals surface area (Å²) in [7, 11) is 0. The van der Waals surface area contributed by atoms with Crippen LogP contribution in [0.2, 0.25) is 0 Å². The molecule has 1 aliphatic rings. The van der Waals surface area contributed by atoms with E-state index in [1.54, 1.807) is 6.92 Å². The van der Waals surface area contributed by atoms with Gasteiger partial charge in [0.15, 0.2) is 0 Å². The van der Waals surface area contributed by atoms with Gasteiger partial charge in [-0.1, -0.05) is 13.8 Å². The van der Waals surface area contributed by atoms with Gasteiger partial charge in [-0.15, -0.1) is 0 Å². The highest BCUT2D eigenvalue weighted by Crippen LogP contribution is 2.21. The highest BCUT2D eigenvalue weighted by molar-refractivity contribution is 5.85. The third-order valence-corrected chi connectivity index (χ3v) is 2.88. The summed E-state index contributed by atoms with van der Waals surface area (Å²) in [5.41, 5.74) is 0. The van der Waals surface area contributed by atoms with Crippen LogP contribution in [0.15, 0.2) is 0 Å². The SMILES string of the molecule is CCC(C)C(=O)N1C[C@H](O)C[C@H]1C(=O)O. The fraction of sp³-hybridized carbons (Fsp3) is 0.800. The molecule has 1 amide bonds. The van der Waals surface area contributed by atoms with E-state index in [1.807, 2.05) is 6.92 Å². The number of nitrogens with zero attached hydrogens (tertiary/aromatic N) is 1. The first kappa shape index (κ1) is 12.0. The van der Waals surface area contributed by atoms with Crippen molar-refractivity contribution < 1.29 is 19.8 Å². The first-order valence-corrected chi connectivity index (χ1v) is 5.18. The van der Waals surface area contributed by atoms with Crippen molar-refractivity contribution in [1.29, 1.82) is 0 Å². The van der Waals surface area contributed by atoms with E-state index in [0.717, 1.165) is 0 Å². The lowest BCUT2D eigenvalue weighted by atomic mass is 10.1. The van der Waals surface area contributed by atoms with Gasteiger partial charge >= 0.3 is 5.97 Å². The minimum absolute atomic E-state index is 0.136. The van der Waals surface area contributed by atoms with E-state index < -0.39 is 18.1 Å². The highest BCUT2D eigenvalue weighted by atomic mass is 16.4.